The third-order valence-corrected chi connectivity index (χ3v) is 4.14. The summed E-state index contributed by atoms with van der Waals surface area (Å²) in [5, 5.41) is 13.1. The van der Waals surface area contributed by atoms with Crippen LogP contribution in [0.1, 0.15) is 18.9 Å². The zero-order valence-electron chi connectivity index (χ0n) is 15.0. The van der Waals surface area contributed by atoms with Crippen LogP contribution in [-0.4, -0.2) is 41.7 Å². The molecule has 2 aromatic carbocycles. The Bertz CT molecular complexity index is 709. The van der Waals surface area contributed by atoms with Gasteiger partial charge in [-0.15, -0.1) is 24.0 Å². The van der Waals surface area contributed by atoms with Crippen LogP contribution in [0.15, 0.2) is 59.6 Å². The first-order valence-electron chi connectivity index (χ1n) is 8.78. The molecule has 0 bridgehead atoms. The molecule has 0 radical (unpaired) electrons. The first-order valence-corrected chi connectivity index (χ1v) is 8.78. The predicted octanol–water partition coefficient (Wildman–Crippen LogP) is 3.63. The molecule has 140 valence electrons. The van der Waals surface area contributed by atoms with E-state index in [0.717, 1.165) is 42.5 Å². The van der Waals surface area contributed by atoms with E-state index in [1.54, 1.807) is 0 Å². The number of nitrogens with zero attached hydrogens (tertiary/aromatic N) is 2. The van der Waals surface area contributed by atoms with E-state index >= 15 is 0 Å². The van der Waals surface area contributed by atoms with E-state index in [1.807, 2.05) is 54.6 Å². The Balaban J connectivity index is 0.00000243. The number of aliphatic hydroxyl groups excluding tert-OH is 1. The van der Waals surface area contributed by atoms with Crippen LogP contribution in [0, 0.1) is 0 Å². The minimum absolute atomic E-state index is 0. The third kappa shape index (κ3) is 5.60. The lowest BCUT2D eigenvalue weighted by atomic mass is 10.2. The van der Waals surface area contributed by atoms with Crippen molar-refractivity contribution in [1.29, 1.82) is 0 Å². The average molecular weight is 467 g/mol. The van der Waals surface area contributed by atoms with Crippen LogP contribution in [0.4, 0.5) is 0 Å². The molecule has 0 aliphatic carbocycles. The highest BCUT2D eigenvalue weighted by Crippen LogP contribution is 2.25. The van der Waals surface area contributed by atoms with E-state index in [-0.39, 0.29) is 30.1 Å². The molecule has 2 N–H and O–H groups in total. The first kappa shape index (κ1) is 20.5. The van der Waals surface area contributed by atoms with Crippen molar-refractivity contribution >= 4 is 29.9 Å². The summed E-state index contributed by atoms with van der Waals surface area (Å²) >= 11 is 0. The van der Waals surface area contributed by atoms with Crippen molar-refractivity contribution in [2.45, 2.75) is 26.0 Å². The van der Waals surface area contributed by atoms with Crippen LogP contribution in [0.2, 0.25) is 0 Å². The number of benzene rings is 2. The topological polar surface area (TPSA) is 57.1 Å². The van der Waals surface area contributed by atoms with Crippen molar-refractivity contribution in [2.24, 2.45) is 4.99 Å². The highest BCUT2D eigenvalue weighted by molar-refractivity contribution is 14.0. The maximum Gasteiger partial charge on any atom is 0.194 e. The molecule has 1 aliphatic rings. The minimum Gasteiger partial charge on any atom is -0.457 e. The standard InChI is InChI=1S/C20H25N3O2.HI/c1-2-21-20(23-13-12-17(24)15-23)22-14-16-8-6-7-11-19(16)25-18-9-4-3-5-10-18;/h3-11,17,24H,2,12-15H2,1H3,(H,21,22);1H/t17-;/m1./s1. The number of halogens is 1. The number of hydrogen-bond acceptors (Lipinski definition) is 3. The highest BCUT2D eigenvalue weighted by atomic mass is 127. The van der Waals surface area contributed by atoms with Gasteiger partial charge in [-0.1, -0.05) is 36.4 Å². The molecule has 5 nitrogen and oxygen atoms in total. The van der Waals surface area contributed by atoms with Gasteiger partial charge in [0.05, 0.1) is 12.6 Å². The number of ether oxygens (including phenoxy) is 1. The zero-order valence-corrected chi connectivity index (χ0v) is 17.3. The maximum atomic E-state index is 9.77. The quantitative estimate of drug-likeness (QED) is 0.401. The molecule has 1 aliphatic heterocycles. The molecule has 0 spiro atoms. The lowest BCUT2D eigenvalue weighted by Gasteiger charge is -2.21. The van der Waals surface area contributed by atoms with Crippen molar-refractivity contribution in [3.05, 3.63) is 60.2 Å². The van der Waals surface area contributed by atoms with Crippen molar-refractivity contribution in [1.82, 2.24) is 10.2 Å². The molecule has 1 saturated heterocycles. The molecule has 6 heteroatoms. The van der Waals surface area contributed by atoms with E-state index in [1.165, 1.54) is 0 Å². The van der Waals surface area contributed by atoms with Crippen LogP contribution >= 0.6 is 24.0 Å². The Labute approximate surface area is 172 Å². The number of nitrogens with one attached hydrogen (secondary N) is 1. The SMILES string of the molecule is CCNC(=NCc1ccccc1Oc1ccccc1)N1CC[C@@H](O)C1.I. The zero-order chi connectivity index (χ0) is 17.5. The molecule has 0 saturated carbocycles. The van der Waals surface area contributed by atoms with Crippen molar-refractivity contribution < 1.29 is 9.84 Å². The number of β-amino-alcohol motifs (C(OH)–C–C–N with tert-alkyl or cyclic N) is 1. The lowest BCUT2D eigenvalue weighted by molar-refractivity contribution is 0.188. The summed E-state index contributed by atoms with van der Waals surface area (Å²) < 4.78 is 6.00. The van der Waals surface area contributed by atoms with Crippen LogP contribution in [0.5, 0.6) is 11.5 Å². The molecule has 1 heterocycles. The molecule has 0 aromatic heterocycles. The van der Waals surface area contributed by atoms with Crippen molar-refractivity contribution in [3.8, 4) is 11.5 Å². The Kier molecular flexibility index (Phi) is 8.18. The second-order valence-electron chi connectivity index (χ2n) is 6.08. The monoisotopic (exact) mass is 467 g/mol. The molecule has 1 fully saturated rings. The largest absolute Gasteiger partial charge is 0.457 e. The van der Waals surface area contributed by atoms with E-state index < -0.39 is 0 Å². The molecule has 0 amide bonds. The fraction of sp³-hybridized carbons (Fsp3) is 0.350. The van der Waals surface area contributed by atoms with Gasteiger partial charge in [0, 0.05) is 25.2 Å². The Morgan fingerprint density at radius 1 is 1.19 bits per heavy atom. The molecular weight excluding hydrogens is 441 g/mol. The highest BCUT2D eigenvalue weighted by Gasteiger charge is 2.22. The second kappa shape index (κ2) is 10.4. The summed E-state index contributed by atoms with van der Waals surface area (Å²) in [4.78, 5) is 6.85. The number of aliphatic imine (C=N–C) groups is 1. The van der Waals surface area contributed by atoms with Gasteiger partial charge in [-0.25, -0.2) is 4.99 Å². The van der Waals surface area contributed by atoms with E-state index in [9.17, 15) is 5.11 Å². The van der Waals surface area contributed by atoms with Crippen molar-refractivity contribution in [2.75, 3.05) is 19.6 Å². The summed E-state index contributed by atoms with van der Waals surface area (Å²) in [6, 6.07) is 17.7. The van der Waals surface area contributed by atoms with Gasteiger partial charge in [0.1, 0.15) is 11.5 Å². The fourth-order valence-corrected chi connectivity index (χ4v) is 2.87. The Hall–Kier alpha value is -1.80. The number of likely N-dealkylation sites (tertiary alicyclic amines) is 1. The number of para-hydroxylation sites is 2. The summed E-state index contributed by atoms with van der Waals surface area (Å²) in [5.74, 6) is 2.47. The summed E-state index contributed by atoms with van der Waals surface area (Å²) in [7, 11) is 0. The van der Waals surface area contributed by atoms with Crippen LogP contribution in [0.3, 0.4) is 0 Å². The first-order chi connectivity index (χ1) is 12.3. The number of aliphatic hydroxyl groups is 1. The van der Waals surface area contributed by atoms with Gasteiger partial charge in [0.15, 0.2) is 5.96 Å². The fourth-order valence-electron chi connectivity index (χ4n) is 2.87. The normalized spacial score (nSPS) is 16.9. The Morgan fingerprint density at radius 3 is 2.62 bits per heavy atom. The molecule has 0 unspecified atom stereocenters. The Morgan fingerprint density at radius 2 is 1.92 bits per heavy atom. The number of hydrogen-bond donors (Lipinski definition) is 2. The average Bonchev–Trinajstić information content (AvgIpc) is 3.07. The van der Waals surface area contributed by atoms with Crippen LogP contribution in [-0.2, 0) is 6.54 Å². The third-order valence-electron chi connectivity index (χ3n) is 4.14. The summed E-state index contributed by atoms with van der Waals surface area (Å²) in [6.45, 7) is 4.84. The van der Waals surface area contributed by atoms with E-state index in [4.69, 9.17) is 9.73 Å². The lowest BCUT2D eigenvalue weighted by Crippen LogP contribution is -2.40. The number of guanidine groups is 1. The van der Waals surface area contributed by atoms with Gasteiger partial charge in [-0.3, -0.25) is 0 Å². The minimum atomic E-state index is -0.266. The van der Waals surface area contributed by atoms with Gasteiger partial charge < -0.3 is 20.1 Å². The second-order valence-corrected chi connectivity index (χ2v) is 6.08. The molecule has 26 heavy (non-hydrogen) atoms. The predicted molar refractivity (Wildman–Crippen MR) is 115 cm³/mol. The van der Waals surface area contributed by atoms with Crippen molar-refractivity contribution in [3.63, 3.8) is 0 Å². The van der Waals surface area contributed by atoms with Gasteiger partial charge >= 0.3 is 0 Å². The van der Waals surface area contributed by atoms with Gasteiger partial charge in [-0.05, 0) is 31.5 Å². The molecular formula is C20H26IN3O2. The molecule has 2 aromatic rings. The van der Waals surface area contributed by atoms with Gasteiger partial charge in [0.2, 0.25) is 0 Å². The maximum absolute atomic E-state index is 9.77. The van der Waals surface area contributed by atoms with Crippen LogP contribution < -0.4 is 10.1 Å². The smallest absolute Gasteiger partial charge is 0.194 e. The van der Waals surface area contributed by atoms with E-state index in [0.29, 0.717) is 13.1 Å². The molecule has 1 atom stereocenters. The summed E-state index contributed by atoms with van der Waals surface area (Å²) in [6.07, 6.45) is 0.524. The van der Waals surface area contributed by atoms with Crippen LogP contribution in [0.25, 0.3) is 0 Å². The van der Waals surface area contributed by atoms with Gasteiger partial charge in [-0.2, -0.15) is 0 Å². The van der Waals surface area contributed by atoms with Gasteiger partial charge in [0.25, 0.3) is 0 Å². The van der Waals surface area contributed by atoms with E-state index in [2.05, 4.69) is 17.1 Å². The molecule has 3 rings (SSSR count). The summed E-state index contributed by atoms with van der Waals surface area (Å²) in [5.41, 5.74) is 1.03. The number of rotatable bonds is 5.